The van der Waals surface area contributed by atoms with Gasteiger partial charge in [-0.2, -0.15) is 0 Å². The molecular formula is C32H41NO9. The molecule has 2 aromatic rings. The number of fused-ring (bicyclic) bond motifs is 3. The van der Waals surface area contributed by atoms with Crippen molar-refractivity contribution >= 4 is 17.3 Å². The highest BCUT2D eigenvalue weighted by atomic mass is 16.5. The second-order valence-corrected chi connectivity index (χ2v) is 12.1. The fourth-order valence-electron chi connectivity index (χ4n) is 5.78. The van der Waals surface area contributed by atoms with Crippen LogP contribution in [0.2, 0.25) is 0 Å². The van der Waals surface area contributed by atoms with Gasteiger partial charge in [-0.05, 0) is 59.4 Å². The van der Waals surface area contributed by atoms with Gasteiger partial charge in [0.05, 0.1) is 41.6 Å². The topological polar surface area (TPSA) is 155 Å². The van der Waals surface area contributed by atoms with Gasteiger partial charge in [0, 0.05) is 42.4 Å². The molecule has 5 rings (SSSR count). The molecule has 10 heteroatoms. The monoisotopic (exact) mass is 583 g/mol. The Labute approximate surface area is 246 Å². The number of hydrogen-bond acceptors (Lipinski definition) is 10. The maximum absolute atomic E-state index is 13.4. The van der Waals surface area contributed by atoms with Crippen LogP contribution in [-0.2, 0) is 25.4 Å². The molecule has 1 saturated heterocycles. The number of rotatable bonds is 5. The Morgan fingerprint density at radius 1 is 1.05 bits per heavy atom. The van der Waals surface area contributed by atoms with Gasteiger partial charge >= 0.3 is 0 Å². The van der Waals surface area contributed by atoms with E-state index in [4.69, 9.17) is 24.7 Å². The van der Waals surface area contributed by atoms with Crippen LogP contribution in [-0.4, -0.2) is 72.7 Å². The van der Waals surface area contributed by atoms with E-state index in [0.717, 1.165) is 19.4 Å². The zero-order chi connectivity index (χ0) is 30.9. The third-order valence-electron chi connectivity index (χ3n) is 7.95. The molecule has 2 aliphatic carbocycles. The Morgan fingerprint density at radius 3 is 2.31 bits per heavy atom. The Kier molecular flexibility index (Phi) is 9.42. The van der Waals surface area contributed by atoms with Gasteiger partial charge in [-0.3, -0.25) is 14.4 Å². The van der Waals surface area contributed by atoms with Gasteiger partial charge in [-0.15, -0.1) is 0 Å². The van der Waals surface area contributed by atoms with Crippen LogP contribution in [0, 0.1) is 5.92 Å². The molecule has 0 radical (unpaired) electrons. The minimum atomic E-state index is -0.759. The molecule has 3 unspecified atom stereocenters. The summed E-state index contributed by atoms with van der Waals surface area (Å²) in [6, 6.07) is 5.00. The van der Waals surface area contributed by atoms with Crippen molar-refractivity contribution in [1.29, 1.82) is 0 Å². The largest absolute Gasteiger partial charge is 0.507 e. The molecule has 1 aliphatic heterocycles. The van der Waals surface area contributed by atoms with Crippen LogP contribution in [0.1, 0.15) is 96.0 Å². The van der Waals surface area contributed by atoms with Crippen LogP contribution in [0.3, 0.4) is 0 Å². The van der Waals surface area contributed by atoms with Crippen molar-refractivity contribution in [3.8, 4) is 17.2 Å². The quantitative estimate of drug-likeness (QED) is 0.375. The minimum absolute atomic E-state index is 0.0364. The van der Waals surface area contributed by atoms with Crippen molar-refractivity contribution in [2.24, 2.45) is 11.7 Å². The molecule has 1 fully saturated rings. The number of carbonyl (C=O) groups excluding carboxylic acids is 3. The van der Waals surface area contributed by atoms with Crippen molar-refractivity contribution in [1.82, 2.24) is 0 Å². The van der Waals surface area contributed by atoms with Crippen LogP contribution in [0.4, 0.5) is 0 Å². The van der Waals surface area contributed by atoms with Crippen molar-refractivity contribution in [2.45, 2.75) is 77.2 Å². The van der Waals surface area contributed by atoms with Gasteiger partial charge in [0.15, 0.2) is 11.6 Å². The number of ketones is 3. The summed E-state index contributed by atoms with van der Waals surface area (Å²) in [6.45, 7) is 8.35. The first kappa shape index (κ1) is 31.6. The molecular weight excluding hydrogens is 542 g/mol. The van der Waals surface area contributed by atoms with E-state index in [9.17, 15) is 24.6 Å². The maximum atomic E-state index is 13.4. The lowest BCUT2D eigenvalue weighted by molar-refractivity contribution is -0.134. The maximum Gasteiger partial charge on any atom is 0.202 e. The van der Waals surface area contributed by atoms with Crippen molar-refractivity contribution < 1.29 is 43.5 Å². The van der Waals surface area contributed by atoms with Gasteiger partial charge in [-0.25, -0.2) is 0 Å². The molecule has 4 N–H and O–H groups in total. The van der Waals surface area contributed by atoms with E-state index < -0.39 is 40.7 Å². The highest BCUT2D eigenvalue weighted by Gasteiger charge is 2.43. The van der Waals surface area contributed by atoms with Crippen molar-refractivity contribution in [3.05, 3.63) is 51.6 Å². The van der Waals surface area contributed by atoms with E-state index in [2.05, 4.69) is 6.92 Å². The van der Waals surface area contributed by atoms with E-state index in [1.165, 1.54) is 20.3 Å². The fraction of sp³-hybridized carbons (Fsp3) is 0.531. The Morgan fingerprint density at radius 2 is 1.74 bits per heavy atom. The zero-order valence-corrected chi connectivity index (χ0v) is 25.1. The summed E-state index contributed by atoms with van der Waals surface area (Å²) < 4.78 is 21.7. The first-order valence-corrected chi connectivity index (χ1v) is 14.2. The lowest BCUT2D eigenvalue weighted by atomic mass is 9.73. The van der Waals surface area contributed by atoms with Gasteiger partial charge in [-0.1, -0.05) is 12.1 Å². The number of benzene rings is 2. The summed E-state index contributed by atoms with van der Waals surface area (Å²) in [5, 5.41) is 22.4. The number of carbonyl (C=O) groups is 3. The Hall–Kier alpha value is -3.31. The number of ether oxygens (including phenoxy) is 4. The minimum Gasteiger partial charge on any atom is -0.507 e. The smallest absolute Gasteiger partial charge is 0.202 e. The molecule has 0 amide bonds. The number of phenols is 2. The number of Topliss-reactive ketones (excluding diaryl/α,β-unsaturated/α-hetero) is 1. The first-order valence-electron chi connectivity index (χ1n) is 14.2. The zero-order valence-electron chi connectivity index (χ0n) is 25.1. The van der Waals surface area contributed by atoms with Crippen LogP contribution in [0.5, 0.6) is 17.2 Å². The van der Waals surface area contributed by atoms with E-state index >= 15 is 0 Å². The highest BCUT2D eigenvalue weighted by molar-refractivity contribution is 6.31. The first-order chi connectivity index (χ1) is 19.8. The van der Waals surface area contributed by atoms with Gasteiger partial charge in [0.2, 0.25) is 5.78 Å². The summed E-state index contributed by atoms with van der Waals surface area (Å²) in [4.78, 5) is 39.7. The third kappa shape index (κ3) is 6.22. The van der Waals surface area contributed by atoms with E-state index in [0.29, 0.717) is 12.1 Å². The van der Waals surface area contributed by atoms with Gasteiger partial charge in [0.25, 0.3) is 0 Å². The lowest BCUT2D eigenvalue weighted by Gasteiger charge is -2.34. The molecule has 0 bridgehead atoms. The van der Waals surface area contributed by atoms with Crippen LogP contribution in [0.15, 0.2) is 18.2 Å². The fourth-order valence-corrected chi connectivity index (χ4v) is 5.78. The number of methoxy groups -OCH3 is 2. The molecule has 2 aromatic carbocycles. The predicted octanol–water partition coefficient (Wildman–Crippen LogP) is 4.03. The van der Waals surface area contributed by atoms with E-state index in [1.54, 1.807) is 12.1 Å². The SMILES string of the molecule is CC1CC(N)CCO1.COc1cccc2c1C(=O)c1c(O)c3c(c(O)c1C2=O)CC(C(=O)COC(C)(C)C)C[C@@H]3OC. The van der Waals surface area contributed by atoms with Gasteiger partial charge in [0.1, 0.15) is 23.9 Å². The molecule has 0 spiro atoms. The second-order valence-electron chi connectivity index (χ2n) is 12.1. The summed E-state index contributed by atoms with van der Waals surface area (Å²) in [5.41, 5.74) is 5.17. The van der Waals surface area contributed by atoms with Crippen LogP contribution < -0.4 is 10.5 Å². The molecule has 4 atom stereocenters. The Bertz CT molecular complexity index is 1370. The highest BCUT2D eigenvalue weighted by Crippen LogP contribution is 2.51. The third-order valence-corrected chi connectivity index (χ3v) is 7.95. The average molecular weight is 584 g/mol. The number of nitrogens with two attached hydrogens (primary N) is 1. The summed E-state index contributed by atoms with van der Waals surface area (Å²) in [7, 11) is 2.81. The summed E-state index contributed by atoms with van der Waals surface area (Å²) >= 11 is 0. The summed E-state index contributed by atoms with van der Waals surface area (Å²) in [5.74, 6) is -2.57. The molecule has 10 nitrogen and oxygen atoms in total. The number of phenolic OH excluding ortho intramolecular Hbond substituents is 2. The van der Waals surface area contributed by atoms with Crippen LogP contribution >= 0.6 is 0 Å². The van der Waals surface area contributed by atoms with E-state index in [-0.39, 0.29) is 64.4 Å². The number of aromatic hydroxyl groups is 2. The lowest BCUT2D eigenvalue weighted by Crippen LogP contribution is -2.33. The molecule has 3 aliphatic rings. The average Bonchev–Trinajstić information content (AvgIpc) is 2.95. The van der Waals surface area contributed by atoms with Crippen molar-refractivity contribution in [2.75, 3.05) is 27.4 Å². The van der Waals surface area contributed by atoms with Crippen LogP contribution in [0.25, 0.3) is 0 Å². The normalized spacial score (nSPS) is 23.2. The molecule has 228 valence electrons. The predicted molar refractivity (Wildman–Crippen MR) is 155 cm³/mol. The molecule has 42 heavy (non-hydrogen) atoms. The second kappa shape index (κ2) is 12.5. The molecule has 0 saturated carbocycles. The molecule has 1 heterocycles. The molecule has 0 aromatic heterocycles. The summed E-state index contributed by atoms with van der Waals surface area (Å²) in [6.07, 6.45) is 2.01. The van der Waals surface area contributed by atoms with Crippen molar-refractivity contribution in [3.63, 3.8) is 0 Å². The Balaban J connectivity index is 0.000000437. The number of hydrogen-bond donors (Lipinski definition) is 3. The van der Waals surface area contributed by atoms with Gasteiger partial charge < -0.3 is 34.9 Å². The standard InChI is InChI=1S/C26H28O8.C6H13NO/c1-26(2,3)34-11-15(27)12-9-14-19(17(10-12)33-5)25(31)21-20(23(14)29)22(28)13-7-6-8-16(32-4)18(13)24(21)30;1-5-4-6(7)2-3-8-5/h6-8,12,17,29,31H,9-11H2,1-5H3;5-6H,2-4,7H2,1H3/t12?,17-;/m0./s1. The van der Waals surface area contributed by atoms with E-state index in [1.807, 2.05) is 20.8 Å².